The number of rotatable bonds is 1. The largest absolute Gasteiger partial charge is 0.321 e. The van der Waals surface area contributed by atoms with Gasteiger partial charge in [0.2, 0.25) is 0 Å². The van der Waals surface area contributed by atoms with Crippen LogP contribution in [0.15, 0.2) is 0 Å². The molecule has 0 saturated heterocycles. The van der Waals surface area contributed by atoms with Crippen molar-refractivity contribution in [1.82, 2.24) is 5.32 Å². The summed E-state index contributed by atoms with van der Waals surface area (Å²) in [4.78, 5) is 0. The molecule has 0 bridgehead atoms. The molecule has 11 heavy (non-hydrogen) atoms. The van der Waals surface area contributed by atoms with Crippen molar-refractivity contribution in [2.75, 3.05) is 0 Å². The van der Waals surface area contributed by atoms with E-state index in [0.29, 0.717) is 6.04 Å². The van der Waals surface area contributed by atoms with Crippen molar-refractivity contribution in [3.63, 3.8) is 0 Å². The molecule has 0 aromatic carbocycles. The Balaban J connectivity index is 2.29. The Labute approximate surface area is 68.6 Å². The Hall–Kier alpha value is -0.710. The fourth-order valence-corrected chi connectivity index (χ4v) is 1.72. The number of hydrogen-bond donors (Lipinski definition) is 1. The zero-order valence-electron chi connectivity index (χ0n) is 7.14. The van der Waals surface area contributed by atoms with Crippen molar-refractivity contribution < 1.29 is 0 Å². The zero-order chi connectivity index (χ0) is 8.10. The smallest absolute Gasteiger partial charge is 0.176 e. The monoisotopic (exact) mass is 152 g/mol. The highest BCUT2D eigenvalue weighted by Crippen LogP contribution is 2.22. The van der Waals surface area contributed by atoms with E-state index in [1.54, 1.807) is 0 Å². The summed E-state index contributed by atoms with van der Waals surface area (Å²) in [7, 11) is 0. The van der Waals surface area contributed by atoms with Gasteiger partial charge in [0.15, 0.2) is 6.19 Å². The molecule has 1 fully saturated rings. The maximum Gasteiger partial charge on any atom is 0.176 e. The van der Waals surface area contributed by atoms with Gasteiger partial charge in [-0.3, -0.25) is 0 Å². The molecular weight excluding hydrogens is 136 g/mol. The van der Waals surface area contributed by atoms with Gasteiger partial charge < -0.3 is 5.32 Å². The first kappa shape index (κ1) is 8.39. The second-order valence-electron chi connectivity index (χ2n) is 3.57. The molecule has 0 radical (unpaired) electrons. The molecular formula is C9H16N2. The summed E-state index contributed by atoms with van der Waals surface area (Å²) in [6.45, 7) is 2.30. The first-order valence-electron chi connectivity index (χ1n) is 4.47. The standard InChI is InChI=1S/C9H16N2/c1-8-3-2-4-9(6-5-8)11-7-10/h8-9,11H,2-6H2,1H3. The quantitative estimate of drug-likeness (QED) is 0.354. The van der Waals surface area contributed by atoms with Crippen molar-refractivity contribution in [2.24, 2.45) is 5.92 Å². The topological polar surface area (TPSA) is 35.8 Å². The fourth-order valence-electron chi connectivity index (χ4n) is 1.72. The van der Waals surface area contributed by atoms with E-state index in [9.17, 15) is 0 Å². The average molecular weight is 152 g/mol. The minimum Gasteiger partial charge on any atom is -0.321 e. The summed E-state index contributed by atoms with van der Waals surface area (Å²) >= 11 is 0. The highest BCUT2D eigenvalue weighted by atomic mass is 14.9. The SMILES string of the molecule is CC1CCCC(NC#N)CC1. The molecule has 1 rings (SSSR count). The molecule has 2 unspecified atom stereocenters. The van der Waals surface area contributed by atoms with E-state index < -0.39 is 0 Å². The van der Waals surface area contributed by atoms with E-state index in [4.69, 9.17) is 5.26 Å². The third-order valence-electron chi connectivity index (χ3n) is 2.53. The Bertz CT molecular complexity index is 148. The Kier molecular flexibility index (Phi) is 3.22. The summed E-state index contributed by atoms with van der Waals surface area (Å²) in [6, 6.07) is 0.463. The maximum absolute atomic E-state index is 8.42. The minimum atomic E-state index is 0.463. The lowest BCUT2D eigenvalue weighted by Gasteiger charge is -2.10. The van der Waals surface area contributed by atoms with Gasteiger partial charge in [-0.25, -0.2) is 0 Å². The van der Waals surface area contributed by atoms with E-state index in [0.717, 1.165) is 5.92 Å². The van der Waals surface area contributed by atoms with E-state index in [-0.39, 0.29) is 0 Å². The van der Waals surface area contributed by atoms with Gasteiger partial charge in [0.1, 0.15) is 0 Å². The van der Waals surface area contributed by atoms with Gasteiger partial charge in [-0.1, -0.05) is 19.8 Å². The van der Waals surface area contributed by atoms with Gasteiger partial charge in [-0.2, -0.15) is 5.26 Å². The number of nitrogens with zero attached hydrogens (tertiary/aromatic N) is 1. The van der Waals surface area contributed by atoms with Crippen LogP contribution in [0.25, 0.3) is 0 Å². The lowest BCUT2D eigenvalue weighted by atomic mass is 10.0. The highest BCUT2D eigenvalue weighted by molar-refractivity contribution is 4.79. The molecule has 2 heteroatoms. The van der Waals surface area contributed by atoms with Gasteiger partial charge in [-0.15, -0.1) is 0 Å². The zero-order valence-corrected chi connectivity index (χ0v) is 7.14. The van der Waals surface area contributed by atoms with Gasteiger partial charge in [-0.05, 0) is 25.2 Å². The van der Waals surface area contributed by atoms with Crippen LogP contribution in [-0.4, -0.2) is 6.04 Å². The third kappa shape index (κ3) is 2.80. The van der Waals surface area contributed by atoms with Gasteiger partial charge in [0.25, 0.3) is 0 Å². The molecule has 2 nitrogen and oxygen atoms in total. The normalized spacial score (nSPS) is 32.0. The molecule has 0 amide bonds. The molecule has 0 aliphatic heterocycles. The van der Waals surface area contributed by atoms with Crippen LogP contribution in [0.3, 0.4) is 0 Å². The van der Waals surface area contributed by atoms with Crippen molar-refractivity contribution >= 4 is 0 Å². The van der Waals surface area contributed by atoms with Crippen molar-refractivity contribution in [2.45, 2.75) is 45.1 Å². The molecule has 0 spiro atoms. The lowest BCUT2D eigenvalue weighted by molar-refractivity contribution is 0.486. The minimum absolute atomic E-state index is 0.463. The third-order valence-corrected chi connectivity index (χ3v) is 2.53. The molecule has 62 valence electrons. The second-order valence-corrected chi connectivity index (χ2v) is 3.57. The van der Waals surface area contributed by atoms with Crippen LogP contribution in [0, 0.1) is 17.4 Å². The van der Waals surface area contributed by atoms with Crippen LogP contribution >= 0.6 is 0 Å². The fraction of sp³-hybridized carbons (Fsp3) is 0.889. The highest BCUT2D eigenvalue weighted by Gasteiger charge is 2.14. The molecule has 0 aromatic rings. The van der Waals surface area contributed by atoms with Crippen molar-refractivity contribution in [1.29, 1.82) is 5.26 Å². The summed E-state index contributed by atoms with van der Waals surface area (Å²) in [5.74, 6) is 0.862. The summed E-state index contributed by atoms with van der Waals surface area (Å²) in [5, 5.41) is 11.3. The van der Waals surface area contributed by atoms with E-state index in [1.165, 1.54) is 32.1 Å². The first-order chi connectivity index (χ1) is 5.33. The van der Waals surface area contributed by atoms with Gasteiger partial charge >= 0.3 is 0 Å². The summed E-state index contributed by atoms with van der Waals surface area (Å²) in [5.41, 5.74) is 0. The maximum atomic E-state index is 8.42. The molecule has 0 heterocycles. The Morgan fingerprint density at radius 2 is 2.09 bits per heavy atom. The molecule has 1 aliphatic carbocycles. The summed E-state index contributed by atoms with van der Waals surface area (Å²) in [6.07, 6.45) is 8.28. The predicted molar refractivity (Wildman–Crippen MR) is 44.8 cm³/mol. The number of nitrogens with one attached hydrogen (secondary N) is 1. The van der Waals surface area contributed by atoms with Crippen LogP contribution in [-0.2, 0) is 0 Å². The van der Waals surface area contributed by atoms with E-state index >= 15 is 0 Å². The summed E-state index contributed by atoms with van der Waals surface area (Å²) < 4.78 is 0. The van der Waals surface area contributed by atoms with Crippen LogP contribution in [0.4, 0.5) is 0 Å². The second kappa shape index (κ2) is 4.23. The van der Waals surface area contributed by atoms with E-state index in [1.807, 2.05) is 6.19 Å². The predicted octanol–water partition coefficient (Wildman–Crippen LogP) is 2.03. The van der Waals surface area contributed by atoms with Crippen LogP contribution in [0.2, 0.25) is 0 Å². The van der Waals surface area contributed by atoms with Crippen molar-refractivity contribution in [3.05, 3.63) is 0 Å². The lowest BCUT2D eigenvalue weighted by Crippen LogP contribution is -2.23. The molecule has 1 aliphatic rings. The Morgan fingerprint density at radius 1 is 1.27 bits per heavy atom. The van der Waals surface area contributed by atoms with Crippen LogP contribution in [0.1, 0.15) is 39.0 Å². The van der Waals surface area contributed by atoms with Crippen LogP contribution in [0.5, 0.6) is 0 Å². The molecule has 0 aromatic heterocycles. The molecule has 1 saturated carbocycles. The Morgan fingerprint density at radius 3 is 2.82 bits per heavy atom. The number of nitriles is 1. The van der Waals surface area contributed by atoms with Gasteiger partial charge in [0.05, 0.1) is 0 Å². The van der Waals surface area contributed by atoms with Gasteiger partial charge in [0, 0.05) is 6.04 Å². The average Bonchev–Trinajstić information content (AvgIpc) is 2.17. The first-order valence-corrected chi connectivity index (χ1v) is 4.47. The molecule has 1 N–H and O–H groups in total. The van der Waals surface area contributed by atoms with Crippen LogP contribution < -0.4 is 5.32 Å². The number of hydrogen-bond acceptors (Lipinski definition) is 2. The van der Waals surface area contributed by atoms with Crippen molar-refractivity contribution in [3.8, 4) is 6.19 Å². The van der Waals surface area contributed by atoms with E-state index in [2.05, 4.69) is 12.2 Å². The molecule has 2 atom stereocenters.